The predicted molar refractivity (Wildman–Crippen MR) is 103 cm³/mol. The highest BCUT2D eigenvalue weighted by molar-refractivity contribution is 5.50. The number of benzene rings is 2. The first-order valence-corrected chi connectivity index (χ1v) is 8.39. The quantitative estimate of drug-likeness (QED) is 0.750. The summed E-state index contributed by atoms with van der Waals surface area (Å²) in [6.07, 6.45) is 3.37. The molecule has 5 heteroatoms. The molecule has 0 aliphatic carbocycles. The van der Waals surface area contributed by atoms with E-state index in [9.17, 15) is 9.59 Å². The molecule has 0 spiro atoms. The molecule has 2 aromatic carbocycles. The maximum Gasteiger partial charge on any atom is 0.272 e. The number of rotatable bonds is 4. The minimum absolute atomic E-state index is 0.0948. The average molecular weight is 348 g/mol. The average Bonchev–Trinajstić information content (AvgIpc) is 2.61. The molecule has 0 aliphatic heterocycles. The Morgan fingerprint density at radius 2 is 1.27 bits per heavy atom. The Morgan fingerprint density at radius 3 is 1.77 bits per heavy atom. The Bertz CT molecular complexity index is 1110. The van der Waals surface area contributed by atoms with Gasteiger partial charge in [0.05, 0.1) is 6.10 Å². The number of nitrogens with one attached hydrogen (secondary N) is 2. The summed E-state index contributed by atoms with van der Waals surface area (Å²) in [5, 5.41) is 0.428. The van der Waals surface area contributed by atoms with E-state index in [1.54, 1.807) is 12.2 Å². The van der Waals surface area contributed by atoms with Crippen LogP contribution in [0.1, 0.15) is 25.0 Å². The van der Waals surface area contributed by atoms with Gasteiger partial charge in [-0.25, -0.2) is 0 Å². The molecule has 0 bridgehead atoms. The Labute approximate surface area is 150 Å². The molecular formula is C21H20N2O3. The third kappa shape index (κ3) is 4.39. The zero-order chi connectivity index (χ0) is 18.5. The van der Waals surface area contributed by atoms with E-state index >= 15 is 0 Å². The second-order valence-electron chi connectivity index (χ2n) is 6.17. The number of hydrogen-bond donors (Lipinski definition) is 2. The van der Waals surface area contributed by atoms with Gasteiger partial charge in [-0.15, -0.1) is 0 Å². The molecule has 1 aromatic heterocycles. The van der Waals surface area contributed by atoms with Crippen LogP contribution in [-0.2, 0) is 0 Å². The van der Waals surface area contributed by atoms with Gasteiger partial charge in [0.15, 0.2) is 0 Å². The maximum atomic E-state index is 12.3. The number of hydrogen-bond acceptors (Lipinski definition) is 3. The van der Waals surface area contributed by atoms with Crippen molar-refractivity contribution >= 4 is 12.2 Å². The van der Waals surface area contributed by atoms with Crippen molar-refractivity contribution < 1.29 is 4.74 Å². The highest BCUT2D eigenvalue weighted by Gasteiger charge is 1.99. The molecule has 0 aliphatic rings. The molecule has 5 nitrogen and oxygen atoms in total. The van der Waals surface area contributed by atoms with Gasteiger partial charge >= 0.3 is 0 Å². The number of H-pyrrole nitrogens is 2. The zero-order valence-corrected chi connectivity index (χ0v) is 14.7. The van der Waals surface area contributed by atoms with Crippen LogP contribution in [-0.4, -0.2) is 16.1 Å². The van der Waals surface area contributed by atoms with E-state index in [-0.39, 0.29) is 27.9 Å². The minimum Gasteiger partial charge on any atom is -0.491 e. The summed E-state index contributed by atoms with van der Waals surface area (Å²) in [4.78, 5) is 29.8. The molecule has 0 fully saturated rings. The summed E-state index contributed by atoms with van der Waals surface area (Å²) in [5.41, 5.74) is 0.932. The van der Waals surface area contributed by atoms with Gasteiger partial charge in [0.2, 0.25) is 0 Å². The third-order valence-electron chi connectivity index (χ3n) is 3.66. The van der Waals surface area contributed by atoms with Crippen LogP contribution in [0.3, 0.4) is 0 Å². The van der Waals surface area contributed by atoms with Crippen molar-refractivity contribution in [3.05, 3.63) is 97.1 Å². The molecule has 0 saturated heterocycles. The molecule has 0 atom stereocenters. The van der Waals surface area contributed by atoms with Gasteiger partial charge in [0, 0.05) is 0 Å². The van der Waals surface area contributed by atoms with Gasteiger partial charge in [-0.1, -0.05) is 42.5 Å². The Balaban J connectivity index is 1.98. The first-order chi connectivity index (χ1) is 12.5. The van der Waals surface area contributed by atoms with Crippen molar-refractivity contribution in [2.75, 3.05) is 0 Å². The van der Waals surface area contributed by atoms with E-state index < -0.39 is 0 Å². The van der Waals surface area contributed by atoms with Crippen molar-refractivity contribution in [2.24, 2.45) is 0 Å². The largest absolute Gasteiger partial charge is 0.491 e. The second-order valence-corrected chi connectivity index (χ2v) is 6.17. The first kappa shape index (κ1) is 17.5. The summed E-state index contributed by atoms with van der Waals surface area (Å²) < 4.78 is 5.59. The van der Waals surface area contributed by atoms with Gasteiger partial charge in [-0.05, 0) is 49.3 Å². The lowest BCUT2D eigenvalue weighted by atomic mass is 10.2. The van der Waals surface area contributed by atoms with Gasteiger partial charge in [-0.2, -0.15) is 0 Å². The topological polar surface area (TPSA) is 75.0 Å². The van der Waals surface area contributed by atoms with E-state index in [1.165, 1.54) is 0 Å². The van der Waals surface area contributed by atoms with Crippen molar-refractivity contribution in [3.63, 3.8) is 0 Å². The SMILES string of the molecule is CC(C)Oc1ccc(C=c2[nH]c(=O)c(=Cc3ccccc3)[nH]c2=O)cc1. The third-order valence-corrected chi connectivity index (χ3v) is 3.66. The lowest BCUT2D eigenvalue weighted by Crippen LogP contribution is -2.46. The van der Waals surface area contributed by atoms with Gasteiger partial charge in [-0.3, -0.25) is 9.59 Å². The first-order valence-electron chi connectivity index (χ1n) is 8.39. The van der Waals surface area contributed by atoms with Crippen LogP contribution in [0.15, 0.2) is 64.2 Å². The Hall–Kier alpha value is -3.34. The van der Waals surface area contributed by atoms with Crippen LogP contribution < -0.4 is 26.6 Å². The van der Waals surface area contributed by atoms with Gasteiger partial charge < -0.3 is 14.7 Å². The smallest absolute Gasteiger partial charge is 0.272 e. The molecule has 2 N–H and O–H groups in total. The molecule has 3 aromatic rings. The van der Waals surface area contributed by atoms with Crippen molar-refractivity contribution in [3.8, 4) is 5.75 Å². The van der Waals surface area contributed by atoms with Crippen LogP contribution >= 0.6 is 0 Å². The van der Waals surface area contributed by atoms with Crippen LogP contribution in [0.4, 0.5) is 0 Å². The van der Waals surface area contributed by atoms with Crippen molar-refractivity contribution in [1.29, 1.82) is 0 Å². The second kappa shape index (κ2) is 7.70. The summed E-state index contributed by atoms with van der Waals surface area (Å²) in [6, 6.07) is 16.7. The predicted octanol–water partition coefficient (Wildman–Crippen LogP) is 1.51. The van der Waals surface area contributed by atoms with Crippen molar-refractivity contribution in [2.45, 2.75) is 20.0 Å². The molecule has 0 radical (unpaired) electrons. The fourth-order valence-electron chi connectivity index (χ4n) is 2.49. The highest BCUT2D eigenvalue weighted by Crippen LogP contribution is 2.13. The van der Waals surface area contributed by atoms with Crippen molar-refractivity contribution in [1.82, 2.24) is 9.97 Å². The van der Waals surface area contributed by atoms with E-state index in [2.05, 4.69) is 9.97 Å². The Kier molecular flexibility index (Phi) is 5.17. The zero-order valence-electron chi connectivity index (χ0n) is 14.7. The summed E-state index contributed by atoms with van der Waals surface area (Å²) >= 11 is 0. The van der Waals surface area contributed by atoms with Crippen LogP contribution in [0.25, 0.3) is 12.2 Å². The molecule has 3 rings (SSSR count). The molecule has 0 amide bonds. The lowest BCUT2D eigenvalue weighted by molar-refractivity contribution is 0.242. The molecule has 0 unspecified atom stereocenters. The molecule has 1 heterocycles. The number of aromatic amines is 2. The van der Waals surface area contributed by atoms with E-state index in [1.807, 2.05) is 68.4 Å². The van der Waals surface area contributed by atoms with Crippen LogP contribution in [0, 0.1) is 0 Å². The van der Waals surface area contributed by atoms with E-state index in [0.717, 1.165) is 16.9 Å². The molecule has 132 valence electrons. The fraction of sp³-hybridized carbons (Fsp3) is 0.143. The molecular weight excluding hydrogens is 328 g/mol. The summed E-state index contributed by atoms with van der Waals surface area (Å²) in [7, 11) is 0. The standard InChI is InChI=1S/C21H20N2O3/c1-14(2)26-17-10-8-16(9-11-17)13-19-21(25)22-18(20(24)23-19)12-15-6-4-3-5-7-15/h3-14H,1-2H3,(H,22,25)(H,23,24). The summed E-state index contributed by atoms with van der Waals surface area (Å²) in [6.45, 7) is 3.91. The maximum absolute atomic E-state index is 12.3. The number of ether oxygens (including phenoxy) is 1. The van der Waals surface area contributed by atoms with Crippen LogP contribution in [0.2, 0.25) is 0 Å². The van der Waals surface area contributed by atoms with Crippen LogP contribution in [0.5, 0.6) is 5.75 Å². The van der Waals surface area contributed by atoms with Gasteiger partial charge in [0.25, 0.3) is 11.1 Å². The fourth-order valence-corrected chi connectivity index (χ4v) is 2.49. The van der Waals surface area contributed by atoms with Gasteiger partial charge in [0.1, 0.15) is 16.4 Å². The molecule has 26 heavy (non-hydrogen) atoms. The minimum atomic E-state index is -0.353. The normalized spacial score (nSPS) is 12.6. The monoisotopic (exact) mass is 348 g/mol. The summed E-state index contributed by atoms with van der Waals surface area (Å²) in [5.74, 6) is 0.757. The lowest BCUT2D eigenvalue weighted by Gasteiger charge is -2.09. The highest BCUT2D eigenvalue weighted by atomic mass is 16.5. The number of aromatic nitrogens is 2. The van der Waals surface area contributed by atoms with E-state index in [0.29, 0.717) is 0 Å². The molecule has 0 saturated carbocycles. The Morgan fingerprint density at radius 1 is 0.769 bits per heavy atom. The van der Waals surface area contributed by atoms with E-state index in [4.69, 9.17) is 4.74 Å².